The maximum Gasteiger partial charge on any atom is 0.307 e. The van der Waals surface area contributed by atoms with Crippen molar-refractivity contribution in [2.45, 2.75) is 6.42 Å². The van der Waals surface area contributed by atoms with Gasteiger partial charge in [-0.2, -0.15) is 4.39 Å². The lowest BCUT2D eigenvalue weighted by atomic mass is 10.00. The number of nitrogens with zero attached hydrogens (tertiary/aromatic N) is 1. The number of carbonyl (C=O) groups is 1. The fraction of sp³-hybridized carbons (Fsp3) is 0.0769. The number of aliphatic carboxylic acids is 1. The molecule has 2 rings (SSSR count). The molecule has 0 unspecified atom stereocenters. The summed E-state index contributed by atoms with van der Waals surface area (Å²) in [4.78, 5) is 14.4. The zero-order valence-electron chi connectivity index (χ0n) is 9.83. The van der Waals surface area contributed by atoms with Crippen LogP contribution in [-0.4, -0.2) is 16.1 Å². The summed E-state index contributed by atoms with van der Waals surface area (Å²) < 4.78 is 13.2. The largest absolute Gasteiger partial charge is 0.481 e. The number of carboxylic acid groups (broad SMARTS) is 1. The topological polar surface area (TPSA) is 50.2 Å². The fourth-order valence-corrected chi connectivity index (χ4v) is 2.48. The predicted octanol–water partition coefficient (Wildman–Crippen LogP) is 4.48. The third-order valence-electron chi connectivity index (χ3n) is 2.58. The zero-order chi connectivity index (χ0) is 14.9. The van der Waals surface area contributed by atoms with Gasteiger partial charge in [0, 0.05) is 22.3 Å². The normalized spacial score (nSPS) is 10.6. The second-order valence-corrected chi connectivity index (χ2v) is 5.21. The van der Waals surface area contributed by atoms with Crippen LogP contribution in [0.3, 0.4) is 0 Å². The van der Waals surface area contributed by atoms with Gasteiger partial charge in [0.2, 0.25) is 5.95 Å². The number of carboxylic acids is 1. The van der Waals surface area contributed by atoms with Crippen molar-refractivity contribution >= 4 is 40.8 Å². The van der Waals surface area contributed by atoms with Gasteiger partial charge in [0.05, 0.1) is 16.5 Å². The molecule has 1 N–H and O–H groups in total. The summed E-state index contributed by atoms with van der Waals surface area (Å²) in [6.07, 6.45) is 0.844. The minimum atomic E-state index is -1.10. The van der Waals surface area contributed by atoms with Gasteiger partial charge in [0.15, 0.2) is 0 Å². The number of benzene rings is 1. The van der Waals surface area contributed by atoms with Crippen LogP contribution in [0.25, 0.3) is 11.1 Å². The Bertz CT molecular complexity index is 692. The molecule has 0 fully saturated rings. The van der Waals surface area contributed by atoms with Gasteiger partial charge in [0.25, 0.3) is 0 Å². The molecule has 3 nitrogen and oxygen atoms in total. The van der Waals surface area contributed by atoms with Crippen LogP contribution < -0.4 is 0 Å². The summed E-state index contributed by atoms with van der Waals surface area (Å²) in [5.74, 6) is -1.87. The van der Waals surface area contributed by atoms with E-state index in [9.17, 15) is 9.18 Å². The molecule has 1 aromatic carbocycles. The van der Waals surface area contributed by atoms with Crippen LogP contribution in [0.2, 0.25) is 15.1 Å². The van der Waals surface area contributed by atoms with E-state index in [0.29, 0.717) is 16.1 Å². The van der Waals surface area contributed by atoms with Gasteiger partial charge in [0.1, 0.15) is 0 Å². The molecule has 0 atom stereocenters. The predicted molar refractivity (Wildman–Crippen MR) is 76.0 cm³/mol. The second kappa shape index (κ2) is 5.95. The monoisotopic (exact) mass is 333 g/mol. The van der Waals surface area contributed by atoms with Crippen LogP contribution in [0, 0.1) is 5.95 Å². The van der Waals surface area contributed by atoms with Crippen LogP contribution in [0.1, 0.15) is 5.56 Å². The number of pyridine rings is 1. The highest BCUT2D eigenvalue weighted by molar-refractivity contribution is 6.45. The van der Waals surface area contributed by atoms with Crippen LogP contribution in [0.5, 0.6) is 0 Å². The molecular weight excluding hydrogens is 328 g/mol. The Balaban J connectivity index is 2.66. The highest BCUT2D eigenvalue weighted by Gasteiger charge is 2.16. The molecule has 0 saturated heterocycles. The van der Waals surface area contributed by atoms with Crippen molar-refractivity contribution < 1.29 is 14.3 Å². The first-order chi connectivity index (χ1) is 9.38. The summed E-state index contributed by atoms with van der Waals surface area (Å²) >= 11 is 17.9. The molecule has 104 valence electrons. The van der Waals surface area contributed by atoms with E-state index in [1.807, 2.05) is 0 Å². The van der Waals surface area contributed by atoms with E-state index in [0.717, 1.165) is 6.07 Å². The highest BCUT2D eigenvalue weighted by Crippen LogP contribution is 2.37. The van der Waals surface area contributed by atoms with E-state index in [1.54, 1.807) is 0 Å². The number of hydrogen-bond donors (Lipinski definition) is 1. The lowest BCUT2D eigenvalue weighted by Gasteiger charge is -2.11. The van der Waals surface area contributed by atoms with Crippen molar-refractivity contribution in [3.8, 4) is 11.1 Å². The van der Waals surface area contributed by atoms with E-state index in [-0.39, 0.29) is 22.0 Å². The number of halogens is 4. The molecule has 1 heterocycles. The van der Waals surface area contributed by atoms with Crippen LogP contribution >= 0.6 is 34.8 Å². The molecule has 0 spiro atoms. The lowest BCUT2D eigenvalue weighted by Crippen LogP contribution is -2.03. The third kappa shape index (κ3) is 3.20. The van der Waals surface area contributed by atoms with Crippen molar-refractivity contribution in [3.63, 3.8) is 0 Å². The Labute approximate surface area is 128 Å². The van der Waals surface area contributed by atoms with Crippen molar-refractivity contribution in [1.82, 2.24) is 4.98 Å². The maximum absolute atomic E-state index is 13.2. The quantitative estimate of drug-likeness (QED) is 0.665. The molecule has 2 aromatic rings. The van der Waals surface area contributed by atoms with Crippen molar-refractivity contribution in [3.05, 3.63) is 51.0 Å². The lowest BCUT2D eigenvalue weighted by molar-refractivity contribution is -0.136. The number of hydrogen-bond acceptors (Lipinski definition) is 2. The second-order valence-electron chi connectivity index (χ2n) is 3.98. The van der Waals surface area contributed by atoms with E-state index >= 15 is 0 Å². The zero-order valence-corrected chi connectivity index (χ0v) is 12.1. The van der Waals surface area contributed by atoms with Crippen molar-refractivity contribution in [2.75, 3.05) is 0 Å². The van der Waals surface area contributed by atoms with E-state index < -0.39 is 11.9 Å². The summed E-state index contributed by atoms with van der Waals surface area (Å²) in [5, 5.41) is 9.64. The van der Waals surface area contributed by atoms with Gasteiger partial charge in [-0.1, -0.05) is 34.8 Å². The minimum Gasteiger partial charge on any atom is -0.481 e. The molecule has 0 aliphatic heterocycles. The first kappa shape index (κ1) is 15.0. The Morgan fingerprint density at radius 3 is 2.55 bits per heavy atom. The first-order valence-electron chi connectivity index (χ1n) is 5.39. The summed E-state index contributed by atoms with van der Waals surface area (Å²) in [6, 6.07) is 4.04. The molecular formula is C13H7Cl3FNO2. The Morgan fingerprint density at radius 2 is 1.90 bits per heavy atom. The number of rotatable bonds is 3. The Morgan fingerprint density at radius 1 is 1.20 bits per heavy atom. The molecule has 0 aliphatic rings. The molecule has 0 aliphatic carbocycles. The molecule has 0 radical (unpaired) electrons. The Kier molecular flexibility index (Phi) is 4.48. The molecule has 0 saturated carbocycles. The molecule has 20 heavy (non-hydrogen) atoms. The molecule has 0 bridgehead atoms. The molecule has 1 aromatic heterocycles. The van der Waals surface area contributed by atoms with Gasteiger partial charge >= 0.3 is 5.97 Å². The molecule has 0 amide bonds. The average molecular weight is 335 g/mol. The van der Waals surface area contributed by atoms with Crippen molar-refractivity contribution in [2.24, 2.45) is 0 Å². The van der Waals surface area contributed by atoms with Crippen LogP contribution in [-0.2, 0) is 11.2 Å². The van der Waals surface area contributed by atoms with Gasteiger partial charge in [-0.3, -0.25) is 4.79 Å². The fourth-order valence-electron chi connectivity index (χ4n) is 1.77. The van der Waals surface area contributed by atoms with Gasteiger partial charge < -0.3 is 5.11 Å². The van der Waals surface area contributed by atoms with Crippen LogP contribution in [0.15, 0.2) is 24.4 Å². The summed E-state index contributed by atoms with van der Waals surface area (Å²) in [7, 11) is 0. The summed E-state index contributed by atoms with van der Waals surface area (Å²) in [5.41, 5.74) is 1.03. The van der Waals surface area contributed by atoms with E-state index in [4.69, 9.17) is 39.9 Å². The van der Waals surface area contributed by atoms with E-state index in [1.165, 1.54) is 18.3 Å². The third-order valence-corrected chi connectivity index (χ3v) is 3.60. The smallest absolute Gasteiger partial charge is 0.307 e. The van der Waals surface area contributed by atoms with Gasteiger partial charge in [-0.25, -0.2) is 4.98 Å². The van der Waals surface area contributed by atoms with Crippen molar-refractivity contribution in [1.29, 1.82) is 0 Å². The average Bonchev–Trinajstić information content (AvgIpc) is 2.33. The minimum absolute atomic E-state index is 0.205. The van der Waals surface area contributed by atoms with Crippen LogP contribution in [0.4, 0.5) is 4.39 Å². The summed E-state index contributed by atoms with van der Waals surface area (Å²) in [6.45, 7) is 0. The SMILES string of the molecule is O=C(O)Cc1cc(F)ncc1-c1cc(Cl)cc(Cl)c1Cl. The molecule has 7 heteroatoms. The first-order valence-corrected chi connectivity index (χ1v) is 6.53. The van der Waals surface area contributed by atoms with E-state index in [2.05, 4.69) is 4.98 Å². The number of aromatic nitrogens is 1. The standard InChI is InChI=1S/C13H7Cl3FNO2/c14-7-3-8(13(16)10(15)4-7)9-5-18-11(17)1-6(9)2-12(19)20/h1,3-5H,2H2,(H,19,20). The van der Waals surface area contributed by atoms with Gasteiger partial charge in [-0.15, -0.1) is 0 Å². The van der Waals surface area contributed by atoms with Gasteiger partial charge in [-0.05, 0) is 23.8 Å². The maximum atomic E-state index is 13.2. The highest BCUT2D eigenvalue weighted by atomic mass is 35.5. The Hall–Kier alpha value is -1.36.